The first-order chi connectivity index (χ1) is 12.9. The highest BCUT2D eigenvalue weighted by Gasteiger charge is 2.26. The highest BCUT2D eigenvalue weighted by molar-refractivity contribution is 9.10. The Morgan fingerprint density at radius 2 is 1.56 bits per heavy atom. The lowest BCUT2D eigenvalue weighted by molar-refractivity contribution is -0.142. The molecule has 0 saturated heterocycles. The number of carboxylic acids is 1. The van der Waals surface area contributed by atoms with E-state index in [1.54, 1.807) is 12.1 Å². The quantitative estimate of drug-likeness (QED) is 0.596. The van der Waals surface area contributed by atoms with Gasteiger partial charge in [-0.15, -0.1) is 0 Å². The van der Waals surface area contributed by atoms with E-state index in [4.69, 9.17) is 0 Å². The van der Waals surface area contributed by atoms with Gasteiger partial charge in [-0.3, -0.25) is 9.59 Å². The van der Waals surface area contributed by atoms with Crippen molar-refractivity contribution in [1.82, 2.24) is 10.6 Å². The second kappa shape index (κ2) is 9.87. The van der Waals surface area contributed by atoms with Crippen molar-refractivity contribution in [2.45, 2.75) is 31.8 Å². The monoisotopic (exact) mass is 432 g/mol. The van der Waals surface area contributed by atoms with E-state index in [0.717, 1.165) is 15.6 Å². The van der Waals surface area contributed by atoms with Crippen molar-refractivity contribution >= 4 is 33.7 Å². The number of hydrogen-bond acceptors (Lipinski definition) is 3. The van der Waals surface area contributed by atoms with Crippen LogP contribution in [0.15, 0.2) is 59.1 Å². The lowest BCUT2D eigenvalue weighted by Gasteiger charge is -2.21. The lowest BCUT2D eigenvalue weighted by atomic mass is 10.0. The summed E-state index contributed by atoms with van der Waals surface area (Å²) >= 11 is 3.38. The minimum Gasteiger partial charge on any atom is -0.480 e. The first-order valence-electron chi connectivity index (χ1n) is 8.44. The van der Waals surface area contributed by atoms with Gasteiger partial charge in [-0.25, -0.2) is 4.79 Å². The molecule has 0 aliphatic heterocycles. The summed E-state index contributed by atoms with van der Waals surface area (Å²) in [6.07, 6.45) is 0.397. The van der Waals surface area contributed by atoms with E-state index in [0.29, 0.717) is 0 Å². The summed E-state index contributed by atoms with van der Waals surface area (Å²) in [6, 6.07) is 14.5. The van der Waals surface area contributed by atoms with Gasteiger partial charge in [0.1, 0.15) is 12.1 Å². The Bertz CT molecular complexity index is 811. The van der Waals surface area contributed by atoms with E-state index >= 15 is 0 Å². The summed E-state index contributed by atoms with van der Waals surface area (Å²) in [6.45, 7) is 1.32. The van der Waals surface area contributed by atoms with E-state index in [1.165, 1.54) is 6.92 Å². The lowest BCUT2D eigenvalue weighted by Crippen LogP contribution is -2.52. The van der Waals surface area contributed by atoms with Crippen LogP contribution in [-0.4, -0.2) is 35.0 Å². The summed E-state index contributed by atoms with van der Waals surface area (Å²) in [5.74, 6) is -2.03. The van der Waals surface area contributed by atoms with Crippen LogP contribution in [0.2, 0.25) is 0 Å². The van der Waals surface area contributed by atoms with Crippen molar-refractivity contribution in [1.29, 1.82) is 0 Å². The van der Waals surface area contributed by atoms with Gasteiger partial charge < -0.3 is 15.7 Å². The van der Waals surface area contributed by atoms with Crippen molar-refractivity contribution < 1.29 is 19.5 Å². The first kappa shape index (κ1) is 20.6. The first-order valence-corrected chi connectivity index (χ1v) is 9.23. The molecular weight excluding hydrogens is 412 g/mol. The Labute approximate surface area is 166 Å². The normalized spacial score (nSPS) is 12.7. The van der Waals surface area contributed by atoms with Crippen LogP contribution in [0.3, 0.4) is 0 Å². The van der Waals surface area contributed by atoms with Crippen LogP contribution in [0.5, 0.6) is 0 Å². The molecule has 142 valence electrons. The van der Waals surface area contributed by atoms with Gasteiger partial charge in [-0.2, -0.15) is 0 Å². The van der Waals surface area contributed by atoms with Gasteiger partial charge >= 0.3 is 5.97 Å². The van der Waals surface area contributed by atoms with Crippen LogP contribution in [-0.2, 0) is 27.2 Å². The minimum absolute atomic E-state index is 0.126. The zero-order valence-electron chi connectivity index (χ0n) is 14.8. The summed E-state index contributed by atoms with van der Waals surface area (Å²) in [7, 11) is 0. The molecule has 0 aliphatic rings. The standard InChI is InChI=1S/C20H21BrN2O4/c1-13(24)22-17(11-14-7-3-2-4-8-14)19(25)23-18(20(26)27)12-15-9-5-6-10-16(15)21/h2-10,17-18H,11-12H2,1H3,(H,22,24)(H,23,25)(H,26,27)/t17-,18+/m0/s1. The molecule has 2 aromatic rings. The number of rotatable bonds is 8. The Hall–Kier alpha value is -2.67. The van der Waals surface area contributed by atoms with Crippen LogP contribution in [0.4, 0.5) is 0 Å². The number of aliphatic carboxylic acids is 1. The van der Waals surface area contributed by atoms with Crippen molar-refractivity contribution in [2.75, 3.05) is 0 Å². The molecule has 0 heterocycles. The van der Waals surface area contributed by atoms with E-state index in [9.17, 15) is 19.5 Å². The van der Waals surface area contributed by atoms with E-state index in [-0.39, 0.29) is 18.7 Å². The summed E-state index contributed by atoms with van der Waals surface area (Å²) in [4.78, 5) is 35.8. The van der Waals surface area contributed by atoms with Gasteiger partial charge in [0, 0.05) is 24.2 Å². The second-order valence-electron chi connectivity index (χ2n) is 6.14. The van der Waals surface area contributed by atoms with Crippen LogP contribution in [0.25, 0.3) is 0 Å². The molecule has 2 amide bonds. The molecule has 0 aliphatic carbocycles. The van der Waals surface area contributed by atoms with Crippen LogP contribution in [0, 0.1) is 0 Å². The fraction of sp³-hybridized carbons (Fsp3) is 0.250. The molecule has 7 heteroatoms. The number of carbonyl (C=O) groups excluding carboxylic acids is 2. The van der Waals surface area contributed by atoms with E-state index in [1.807, 2.05) is 42.5 Å². The largest absolute Gasteiger partial charge is 0.480 e. The highest BCUT2D eigenvalue weighted by Crippen LogP contribution is 2.17. The number of nitrogens with one attached hydrogen (secondary N) is 2. The average Bonchev–Trinajstić information content (AvgIpc) is 2.62. The van der Waals surface area contributed by atoms with E-state index in [2.05, 4.69) is 26.6 Å². The number of carboxylic acid groups (broad SMARTS) is 1. The molecule has 0 saturated carbocycles. The van der Waals surface area contributed by atoms with Crippen molar-refractivity contribution in [3.8, 4) is 0 Å². The smallest absolute Gasteiger partial charge is 0.326 e. The zero-order valence-corrected chi connectivity index (χ0v) is 16.4. The molecular formula is C20H21BrN2O4. The van der Waals surface area contributed by atoms with E-state index < -0.39 is 24.0 Å². The highest BCUT2D eigenvalue weighted by atomic mass is 79.9. The third-order valence-corrected chi connectivity index (χ3v) is 4.75. The molecule has 0 fully saturated rings. The van der Waals surface area contributed by atoms with Crippen molar-refractivity contribution in [2.24, 2.45) is 0 Å². The third kappa shape index (κ3) is 6.53. The molecule has 3 N–H and O–H groups in total. The molecule has 0 unspecified atom stereocenters. The molecule has 2 rings (SSSR count). The number of benzene rings is 2. The van der Waals surface area contributed by atoms with Crippen molar-refractivity contribution in [3.63, 3.8) is 0 Å². The topological polar surface area (TPSA) is 95.5 Å². The Morgan fingerprint density at radius 1 is 0.926 bits per heavy atom. The summed E-state index contributed by atoms with van der Waals surface area (Å²) in [5.41, 5.74) is 1.63. The fourth-order valence-electron chi connectivity index (χ4n) is 2.66. The van der Waals surface area contributed by atoms with Crippen LogP contribution < -0.4 is 10.6 Å². The third-order valence-electron chi connectivity index (χ3n) is 3.97. The molecule has 2 aromatic carbocycles. The number of carbonyl (C=O) groups is 3. The second-order valence-corrected chi connectivity index (χ2v) is 6.99. The molecule has 0 radical (unpaired) electrons. The fourth-order valence-corrected chi connectivity index (χ4v) is 3.11. The molecule has 0 aromatic heterocycles. The molecule has 2 atom stereocenters. The predicted octanol–water partition coefficient (Wildman–Crippen LogP) is 2.31. The molecule has 0 spiro atoms. The average molecular weight is 433 g/mol. The Balaban J connectivity index is 2.13. The SMILES string of the molecule is CC(=O)N[C@@H](Cc1ccccc1)C(=O)N[C@H](Cc1ccccc1Br)C(=O)O. The molecule has 27 heavy (non-hydrogen) atoms. The van der Waals surface area contributed by atoms with Gasteiger partial charge in [-0.05, 0) is 17.2 Å². The maximum absolute atomic E-state index is 12.7. The predicted molar refractivity (Wildman–Crippen MR) is 105 cm³/mol. The summed E-state index contributed by atoms with van der Waals surface area (Å²) in [5, 5.41) is 14.6. The number of halogens is 1. The number of hydrogen-bond donors (Lipinski definition) is 3. The number of amides is 2. The summed E-state index contributed by atoms with van der Waals surface area (Å²) < 4.78 is 0.771. The van der Waals surface area contributed by atoms with Gasteiger partial charge in [0.15, 0.2) is 0 Å². The van der Waals surface area contributed by atoms with Gasteiger partial charge in [-0.1, -0.05) is 64.5 Å². The van der Waals surface area contributed by atoms with Crippen LogP contribution >= 0.6 is 15.9 Å². The van der Waals surface area contributed by atoms with Crippen molar-refractivity contribution in [3.05, 3.63) is 70.2 Å². The maximum atomic E-state index is 12.7. The van der Waals surface area contributed by atoms with Gasteiger partial charge in [0.05, 0.1) is 0 Å². The maximum Gasteiger partial charge on any atom is 0.326 e. The Kier molecular flexibility index (Phi) is 7.55. The zero-order chi connectivity index (χ0) is 19.8. The van der Waals surface area contributed by atoms with Gasteiger partial charge in [0.25, 0.3) is 0 Å². The molecule has 6 nitrogen and oxygen atoms in total. The molecule has 0 bridgehead atoms. The van der Waals surface area contributed by atoms with Gasteiger partial charge in [0.2, 0.25) is 11.8 Å². The Morgan fingerprint density at radius 3 is 2.15 bits per heavy atom. The van der Waals surface area contributed by atoms with Crippen LogP contribution in [0.1, 0.15) is 18.1 Å². The minimum atomic E-state index is -1.14.